The molecule has 1 saturated heterocycles. The van der Waals surface area contributed by atoms with Gasteiger partial charge in [0.2, 0.25) is 12.2 Å². The average Bonchev–Trinajstić information content (AvgIpc) is 3.45. The molecule has 10 nitrogen and oxygen atoms in total. The van der Waals surface area contributed by atoms with Gasteiger partial charge < -0.3 is 30.1 Å². The lowest BCUT2D eigenvalue weighted by atomic mass is 10.1. The number of imidazole rings is 1. The van der Waals surface area contributed by atoms with Crippen LogP contribution in [0.2, 0.25) is 0 Å². The smallest absolute Gasteiger partial charge is 0.243 e. The van der Waals surface area contributed by atoms with Crippen LogP contribution in [0, 0.1) is 0 Å². The summed E-state index contributed by atoms with van der Waals surface area (Å²) in [4.78, 5) is 10.9. The van der Waals surface area contributed by atoms with Crippen LogP contribution in [-0.2, 0) is 16.1 Å². The molecule has 2 aromatic rings. The van der Waals surface area contributed by atoms with Crippen molar-refractivity contribution in [2.45, 2.75) is 37.4 Å². The van der Waals surface area contributed by atoms with E-state index in [1.165, 1.54) is 6.33 Å². The molecule has 10 heteroatoms. The van der Waals surface area contributed by atoms with E-state index in [0.29, 0.717) is 24.0 Å². The van der Waals surface area contributed by atoms with Crippen LogP contribution in [0.5, 0.6) is 0 Å². The number of aromatic nitrogens is 2. The molecule has 29 heavy (non-hydrogen) atoms. The highest BCUT2D eigenvalue weighted by Crippen LogP contribution is 2.37. The van der Waals surface area contributed by atoms with Gasteiger partial charge in [-0.25, -0.2) is 9.98 Å². The number of anilines is 1. The van der Waals surface area contributed by atoms with Crippen LogP contribution in [-0.4, -0.2) is 62.0 Å². The minimum absolute atomic E-state index is 0.333. The van der Waals surface area contributed by atoms with Crippen molar-refractivity contribution in [1.29, 1.82) is 0 Å². The summed E-state index contributed by atoms with van der Waals surface area (Å²) in [6, 6.07) is 9.74. The van der Waals surface area contributed by atoms with Gasteiger partial charge in [0.05, 0.1) is 12.9 Å². The van der Waals surface area contributed by atoms with Crippen molar-refractivity contribution in [1.82, 2.24) is 14.9 Å². The van der Waals surface area contributed by atoms with Crippen molar-refractivity contribution in [2.75, 3.05) is 11.5 Å². The molecule has 0 saturated carbocycles. The lowest BCUT2D eigenvalue weighted by molar-refractivity contribution is -0.0521. The molecule has 3 aliphatic heterocycles. The lowest BCUT2D eigenvalue weighted by Gasteiger charge is -2.30. The Morgan fingerprint density at radius 3 is 2.76 bits per heavy atom. The van der Waals surface area contributed by atoms with Gasteiger partial charge in [0.15, 0.2) is 17.7 Å². The van der Waals surface area contributed by atoms with Gasteiger partial charge in [-0.15, -0.1) is 0 Å². The number of aliphatic hydroxyl groups excluding tert-OH is 3. The topological polar surface area (TPSA) is 125 Å². The molecular weight excluding hydrogens is 378 g/mol. The number of hydrogen-bond acceptors (Lipinski definition) is 9. The number of nitrogens with one attached hydrogen (secondary N) is 1. The highest BCUT2D eigenvalue weighted by atomic mass is 16.6. The number of fused-ring (bicyclic) bond motifs is 3. The van der Waals surface area contributed by atoms with Crippen LogP contribution < -0.4 is 10.2 Å². The Morgan fingerprint density at radius 1 is 1.17 bits per heavy atom. The molecule has 1 fully saturated rings. The Morgan fingerprint density at radius 2 is 2.00 bits per heavy atom. The van der Waals surface area contributed by atoms with Gasteiger partial charge in [-0.2, -0.15) is 0 Å². The Kier molecular flexibility index (Phi) is 4.47. The molecule has 152 valence electrons. The molecule has 5 atom stereocenters. The van der Waals surface area contributed by atoms with Crippen molar-refractivity contribution < 1.29 is 24.8 Å². The maximum absolute atomic E-state index is 10.4. The van der Waals surface area contributed by atoms with Crippen molar-refractivity contribution in [3.63, 3.8) is 0 Å². The van der Waals surface area contributed by atoms with Crippen LogP contribution >= 0.6 is 0 Å². The molecule has 1 aromatic heterocycles. The molecule has 4 N–H and O–H groups in total. The van der Waals surface area contributed by atoms with Crippen molar-refractivity contribution in [3.8, 4) is 0 Å². The second kappa shape index (κ2) is 7.16. The number of nitrogens with zero attached hydrogens (tertiary/aromatic N) is 4. The number of ether oxygens (including phenoxy) is 2. The number of benzene rings is 1. The lowest BCUT2D eigenvalue weighted by Crippen LogP contribution is -2.41. The van der Waals surface area contributed by atoms with Gasteiger partial charge in [0.25, 0.3) is 0 Å². The molecule has 0 bridgehead atoms. The molecule has 5 unspecified atom stereocenters. The number of rotatable bonds is 4. The van der Waals surface area contributed by atoms with E-state index >= 15 is 0 Å². The van der Waals surface area contributed by atoms with Gasteiger partial charge in [0, 0.05) is 12.4 Å². The zero-order valence-corrected chi connectivity index (χ0v) is 15.4. The predicted molar refractivity (Wildman–Crippen MR) is 102 cm³/mol. The van der Waals surface area contributed by atoms with Gasteiger partial charge in [-0.1, -0.05) is 30.3 Å². The third kappa shape index (κ3) is 2.97. The molecule has 0 radical (unpaired) electrons. The van der Waals surface area contributed by atoms with Gasteiger partial charge in [-0.3, -0.25) is 9.47 Å². The summed E-state index contributed by atoms with van der Waals surface area (Å²) in [5, 5.41) is 33.1. The number of aliphatic imine (C=N–C) groups is 1. The first-order valence-electron chi connectivity index (χ1n) is 9.32. The van der Waals surface area contributed by atoms with Crippen LogP contribution in [0.4, 0.5) is 5.82 Å². The third-order valence-electron chi connectivity index (χ3n) is 5.21. The minimum atomic E-state index is -1.21. The molecule has 1 aromatic carbocycles. The van der Waals surface area contributed by atoms with Crippen LogP contribution in [0.3, 0.4) is 0 Å². The van der Waals surface area contributed by atoms with Gasteiger partial charge >= 0.3 is 0 Å². The van der Waals surface area contributed by atoms with E-state index < -0.39 is 37.4 Å². The molecule has 5 rings (SSSR count). The fourth-order valence-electron chi connectivity index (χ4n) is 3.72. The Labute approximate surface area is 166 Å². The standard InChI is InChI=1S/C19H21N5O5/c25-8-12-14(26)15(27)18(29-12)24-10-21-13-16(28-9-11-4-2-1-3-5-11)22-19-20-6-7-23(19)17(13)24/h1-7,10,12,14-15,18-20,25-27H,8-9H2. The first kappa shape index (κ1) is 18.1. The van der Waals surface area contributed by atoms with Crippen LogP contribution in [0.15, 0.2) is 54.1 Å². The molecular formula is C19H21N5O5. The van der Waals surface area contributed by atoms with E-state index in [4.69, 9.17) is 9.47 Å². The molecule has 0 aliphatic carbocycles. The summed E-state index contributed by atoms with van der Waals surface area (Å²) in [5.74, 6) is 0.982. The van der Waals surface area contributed by atoms with Crippen molar-refractivity contribution >= 4 is 11.7 Å². The maximum atomic E-state index is 10.4. The summed E-state index contributed by atoms with van der Waals surface area (Å²) in [6.07, 6.45) is 0.478. The fraction of sp³-hybridized carbons (Fsp3) is 0.368. The zero-order valence-electron chi connectivity index (χ0n) is 15.4. The zero-order chi connectivity index (χ0) is 20.0. The average molecular weight is 399 g/mol. The largest absolute Gasteiger partial charge is 0.471 e. The van der Waals surface area contributed by atoms with Crippen molar-refractivity contribution in [2.24, 2.45) is 4.99 Å². The van der Waals surface area contributed by atoms with E-state index in [-0.39, 0.29) is 0 Å². The maximum Gasteiger partial charge on any atom is 0.243 e. The SMILES string of the molecule is OCC1OC(n2cnc3c2N2C=CNC2N=C3OCc2ccccc2)C(O)C1O. The van der Waals surface area contributed by atoms with Crippen LogP contribution in [0.25, 0.3) is 0 Å². The van der Waals surface area contributed by atoms with Gasteiger partial charge in [-0.05, 0) is 5.56 Å². The molecule has 4 heterocycles. The monoisotopic (exact) mass is 399 g/mol. The third-order valence-corrected chi connectivity index (χ3v) is 5.21. The number of hydrogen-bond donors (Lipinski definition) is 4. The highest BCUT2D eigenvalue weighted by Gasteiger charge is 2.46. The molecule has 0 spiro atoms. The Balaban J connectivity index is 1.47. The first-order valence-corrected chi connectivity index (χ1v) is 9.32. The van der Waals surface area contributed by atoms with Crippen molar-refractivity contribution in [3.05, 3.63) is 60.3 Å². The summed E-state index contributed by atoms with van der Waals surface area (Å²) in [7, 11) is 0. The quantitative estimate of drug-likeness (QED) is 0.549. The minimum Gasteiger partial charge on any atom is -0.471 e. The normalized spacial score (nSPS) is 30.0. The van der Waals surface area contributed by atoms with E-state index in [0.717, 1.165) is 5.56 Å². The van der Waals surface area contributed by atoms with E-state index in [2.05, 4.69) is 15.3 Å². The van der Waals surface area contributed by atoms with Crippen LogP contribution in [0.1, 0.15) is 17.5 Å². The van der Waals surface area contributed by atoms with E-state index in [9.17, 15) is 15.3 Å². The summed E-state index contributed by atoms with van der Waals surface area (Å²) in [6.45, 7) is -0.0632. The highest BCUT2D eigenvalue weighted by molar-refractivity contribution is 5.99. The number of aliphatic hydroxyl groups is 3. The van der Waals surface area contributed by atoms with Gasteiger partial charge in [0.1, 0.15) is 24.9 Å². The molecule has 3 aliphatic rings. The second-order valence-electron chi connectivity index (χ2n) is 7.02. The van der Waals surface area contributed by atoms with E-state index in [1.807, 2.05) is 35.2 Å². The summed E-state index contributed by atoms with van der Waals surface area (Å²) in [5.41, 5.74) is 1.50. The Hall–Kier alpha value is -2.92. The predicted octanol–water partition coefficient (Wildman–Crippen LogP) is -0.364. The first-order chi connectivity index (χ1) is 14.2. The Bertz CT molecular complexity index is 946. The summed E-state index contributed by atoms with van der Waals surface area (Å²) < 4.78 is 13.3. The van der Waals surface area contributed by atoms with E-state index in [1.54, 1.807) is 17.0 Å². The molecule has 0 amide bonds. The second-order valence-corrected chi connectivity index (χ2v) is 7.02. The fourth-order valence-corrected chi connectivity index (χ4v) is 3.72. The summed E-state index contributed by atoms with van der Waals surface area (Å²) >= 11 is 0.